The van der Waals surface area contributed by atoms with E-state index in [2.05, 4.69) is 5.32 Å². The predicted octanol–water partition coefficient (Wildman–Crippen LogP) is 1.76. The molecule has 0 aliphatic carbocycles. The topological polar surface area (TPSA) is 69.6 Å². The summed E-state index contributed by atoms with van der Waals surface area (Å²) in [5, 5.41) is 12.0. The van der Waals surface area contributed by atoms with Gasteiger partial charge in [0.15, 0.2) is 0 Å². The number of benzene rings is 1. The zero-order chi connectivity index (χ0) is 14.5. The first-order valence-electron chi connectivity index (χ1n) is 6.29. The summed E-state index contributed by atoms with van der Waals surface area (Å²) in [6.45, 7) is 1.55. The number of hydrogen-bond acceptors (Lipinski definition) is 3. The molecule has 0 unspecified atom stereocenters. The molecule has 0 saturated carbocycles. The summed E-state index contributed by atoms with van der Waals surface area (Å²) in [5.74, 6) is -1.08. The van der Waals surface area contributed by atoms with E-state index in [1.165, 1.54) is 6.08 Å². The van der Waals surface area contributed by atoms with Crippen LogP contribution in [-0.4, -0.2) is 36.6 Å². The maximum Gasteiger partial charge on any atom is 0.328 e. The molecule has 0 radical (unpaired) electrons. The third kappa shape index (κ3) is 3.51. The molecule has 1 aliphatic heterocycles. The smallest absolute Gasteiger partial charge is 0.328 e. The molecule has 0 atom stereocenters. The lowest BCUT2D eigenvalue weighted by atomic mass is 10.1. The highest BCUT2D eigenvalue weighted by Crippen LogP contribution is 2.31. The Balaban J connectivity index is 2.38. The second kappa shape index (κ2) is 6.43. The van der Waals surface area contributed by atoms with E-state index >= 15 is 0 Å². The number of carboxylic acids is 1. The van der Waals surface area contributed by atoms with Crippen molar-refractivity contribution in [2.45, 2.75) is 6.42 Å². The Bertz CT molecular complexity index is 557. The van der Waals surface area contributed by atoms with Crippen molar-refractivity contribution >= 4 is 35.2 Å². The lowest BCUT2D eigenvalue weighted by molar-refractivity contribution is -0.131. The second-order valence-electron chi connectivity index (χ2n) is 4.47. The number of nitrogens with zero attached hydrogens (tertiary/aromatic N) is 1. The summed E-state index contributed by atoms with van der Waals surface area (Å²) in [6, 6.07) is 5.27. The van der Waals surface area contributed by atoms with Gasteiger partial charge in [0.2, 0.25) is 5.91 Å². The largest absolute Gasteiger partial charge is 0.478 e. The van der Waals surface area contributed by atoms with Gasteiger partial charge in [-0.25, -0.2) is 4.79 Å². The summed E-state index contributed by atoms with van der Waals surface area (Å²) >= 11 is 6.22. The minimum Gasteiger partial charge on any atom is -0.478 e. The number of hydrogen-bond donors (Lipinski definition) is 2. The molecule has 2 rings (SSSR count). The van der Waals surface area contributed by atoms with Crippen molar-refractivity contribution in [1.29, 1.82) is 0 Å². The fourth-order valence-electron chi connectivity index (χ4n) is 2.16. The van der Waals surface area contributed by atoms with Crippen molar-refractivity contribution in [3.05, 3.63) is 34.9 Å². The van der Waals surface area contributed by atoms with Crippen molar-refractivity contribution in [3.8, 4) is 0 Å². The quantitative estimate of drug-likeness (QED) is 0.834. The second-order valence-corrected chi connectivity index (χ2v) is 4.88. The van der Waals surface area contributed by atoms with Crippen molar-refractivity contribution < 1.29 is 14.7 Å². The first-order chi connectivity index (χ1) is 9.58. The van der Waals surface area contributed by atoms with Crippen LogP contribution in [0.15, 0.2) is 24.3 Å². The van der Waals surface area contributed by atoms with Gasteiger partial charge in [-0.05, 0) is 24.1 Å². The van der Waals surface area contributed by atoms with Gasteiger partial charge in [0.05, 0.1) is 17.3 Å². The molecule has 0 spiro atoms. The highest BCUT2D eigenvalue weighted by atomic mass is 35.5. The molecule has 1 aromatic rings. The van der Waals surface area contributed by atoms with Crippen molar-refractivity contribution in [2.75, 3.05) is 24.5 Å². The van der Waals surface area contributed by atoms with Gasteiger partial charge in [-0.15, -0.1) is 0 Å². The molecule has 1 aliphatic rings. The zero-order valence-corrected chi connectivity index (χ0v) is 11.6. The van der Waals surface area contributed by atoms with Gasteiger partial charge in [0, 0.05) is 19.2 Å². The Morgan fingerprint density at radius 2 is 2.25 bits per heavy atom. The Hall–Kier alpha value is -2.01. The van der Waals surface area contributed by atoms with Gasteiger partial charge >= 0.3 is 5.97 Å². The third-order valence-corrected chi connectivity index (χ3v) is 3.31. The van der Waals surface area contributed by atoms with Crippen LogP contribution in [0, 0.1) is 0 Å². The molecule has 0 bridgehead atoms. The van der Waals surface area contributed by atoms with E-state index in [1.54, 1.807) is 18.2 Å². The molecule has 1 amide bonds. The van der Waals surface area contributed by atoms with Crippen LogP contribution in [0.5, 0.6) is 0 Å². The Morgan fingerprint density at radius 1 is 1.45 bits per heavy atom. The number of carboxylic acid groups (broad SMARTS) is 1. The van der Waals surface area contributed by atoms with E-state index in [0.717, 1.165) is 12.5 Å². The van der Waals surface area contributed by atoms with Crippen LogP contribution in [-0.2, 0) is 9.59 Å². The molecule has 1 aromatic carbocycles. The molecule has 6 heteroatoms. The molecule has 1 heterocycles. The minimum absolute atomic E-state index is 0.0596. The highest BCUT2D eigenvalue weighted by molar-refractivity contribution is 6.33. The van der Waals surface area contributed by atoms with Crippen molar-refractivity contribution in [3.63, 3.8) is 0 Å². The number of anilines is 1. The molecular weight excluding hydrogens is 280 g/mol. The molecule has 0 aromatic heterocycles. The average Bonchev–Trinajstić information content (AvgIpc) is 2.61. The van der Waals surface area contributed by atoms with E-state index in [9.17, 15) is 9.59 Å². The Labute approximate surface area is 121 Å². The molecule has 2 N–H and O–H groups in total. The molecule has 5 nitrogen and oxygen atoms in total. The van der Waals surface area contributed by atoms with Gasteiger partial charge in [-0.1, -0.05) is 23.7 Å². The standard InChI is InChI=1S/C14H15ClN2O3/c15-11-4-1-3-10(5-6-13(19)20)14(11)17-8-2-7-16-12(18)9-17/h1,3-6H,2,7-9H2,(H,16,18)(H,19,20)/b6-5+. The van der Waals surface area contributed by atoms with E-state index in [1.807, 2.05) is 4.90 Å². The van der Waals surface area contributed by atoms with Crippen LogP contribution >= 0.6 is 11.6 Å². The number of carbonyl (C=O) groups is 2. The number of halogens is 1. The first-order valence-corrected chi connectivity index (χ1v) is 6.67. The number of para-hydroxylation sites is 1. The minimum atomic E-state index is -1.02. The lowest BCUT2D eigenvalue weighted by Crippen LogP contribution is -2.33. The SMILES string of the molecule is O=C(O)/C=C/c1cccc(Cl)c1N1CCCNC(=O)C1. The van der Waals surface area contributed by atoms with Crippen LogP contribution in [0.25, 0.3) is 6.08 Å². The molecule has 1 saturated heterocycles. The molecule has 20 heavy (non-hydrogen) atoms. The maximum absolute atomic E-state index is 11.6. The zero-order valence-electron chi connectivity index (χ0n) is 10.8. The number of rotatable bonds is 3. The third-order valence-electron chi connectivity index (χ3n) is 3.00. The molecule has 1 fully saturated rings. The first kappa shape index (κ1) is 14.4. The van der Waals surface area contributed by atoms with E-state index < -0.39 is 5.97 Å². The number of carbonyl (C=O) groups excluding carboxylic acids is 1. The molecule has 106 valence electrons. The summed E-state index contributed by atoms with van der Waals surface area (Å²) in [5.41, 5.74) is 1.39. The summed E-state index contributed by atoms with van der Waals surface area (Å²) in [6.07, 6.45) is 3.37. The normalized spacial score (nSPS) is 16.1. The average molecular weight is 295 g/mol. The summed E-state index contributed by atoms with van der Waals surface area (Å²) < 4.78 is 0. The fraction of sp³-hybridized carbons (Fsp3) is 0.286. The fourth-order valence-corrected chi connectivity index (χ4v) is 2.46. The van der Waals surface area contributed by atoms with Crippen LogP contribution in [0.2, 0.25) is 5.02 Å². The van der Waals surface area contributed by atoms with Gasteiger partial charge < -0.3 is 15.3 Å². The Kier molecular flexibility index (Phi) is 4.63. The van der Waals surface area contributed by atoms with Gasteiger partial charge in [0.25, 0.3) is 0 Å². The van der Waals surface area contributed by atoms with Crippen molar-refractivity contribution in [2.24, 2.45) is 0 Å². The number of nitrogens with one attached hydrogen (secondary N) is 1. The maximum atomic E-state index is 11.6. The van der Waals surface area contributed by atoms with Gasteiger partial charge in [0.1, 0.15) is 0 Å². The van der Waals surface area contributed by atoms with E-state index in [4.69, 9.17) is 16.7 Å². The van der Waals surface area contributed by atoms with Crippen LogP contribution < -0.4 is 10.2 Å². The Morgan fingerprint density at radius 3 is 3.00 bits per heavy atom. The highest BCUT2D eigenvalue weighted by Gasteiger charge is 2.19. The summed E-state index contributed by atoms with van der Waals surface area (Å²) in [7, 11) is 0. The van der Waals surface area contributed by atoms with E-state index in [0.29, 0.717) is 29.4 Å². The summed E-state index contributed by atoms with van der Waals surface area (Å²) in [4.78, 5) is 24.2. The van der Waals surface area contributed by atoms with Gasteiger partial charge in [-0.2, -0.15) is 0 Å². The lowest BCUT2D eigenvalue weighted by Gasteiger charge is -2.24. The van der Waals surface area contributed by atoms with Crippen LogP contribution in [0.3, 0.4) is 0 Å². The number of aliphatic carboxylic acids is 1. The van der Waals surface area contributed by atoms with E-state index in [-0.39, 0.29) is 12.5 Å². The number of amides is 1. The predicted molar refractivity (Wildman–Crippen MR) is 78.0 cm³/mol. The van der Waals surface area contributed by atoms with Crippen LogP contribution in [0.1, 0.15) is 12.0 Å². The molecular formula is C14H15ClN2O3. The van der Waals surface area contributed by atoms with Crippen molar-refractivity contribution in [1.82, 2.24) is 5.32 Å². The van der Waals surface area contributed by atoms with Crippen LogP contribution in [0.4, 0.5) is 5.69 Å². The monoisotopic (exact) mass is 294 g/mol. The van der Waals surface area contributed by atoms with Gasteiger partial charge in [-0.3, -0.25) is 4.79 Å².